The van der Waals surface area contributed by atoms with E-state index in [1.165, 1.54) is 32.1 Å². The second-order valence-corrected chi connectivity index (χ2v) is 7.24. The molecule has 0 aromatic carbocycles. The van der Waals surface area contributed by atoms with E-state index in [1.807, 2.05) is 0 Å². The van der Waals surface area contributed by atoms with Crippen LogP contribution in [0.1, 0.15) is 38.5 Å². The number of rotatable bonds is 3. The average molecular weight is 231 g/mol. The van der Waals surface area contributed by atoms with Crippen LogP contribution in [0.5, 0.6) is 0 Å². The molecule has 1 aliphatic heterocycles. The van der Waals surface area contributed by atoms with Gasteiger partial charge in [0.05, 0.1) is 11.5 Å². The summed E-state index contributed by atoms with van der Waals surface area (Å²) in [6.45, 7) is 0.907. The molecule has 1 heterocycles. The van der Waals surface area contributed by atoms with Gasteiger partial charge in [-0.05, 0) is 31.7 Å². The molecule has 0 radical (unpaired) electrons. The maximum Gasteiger partial charge on any atom is 0.150 e. The molecule has 88 valence electrons. The van der Waals surface area contributed by atoms with Crippen molar-refractivity contribution < 1.29 is 8.42 Å². The minimum atomic E-state index is -2.69. The largest absolute Gasteiger partial charge is 0.314 e. The Morgan fingerprint density at radius 1 is 1.07 bits per heavy atom. The van der Waals surface area contributed by atoms with Gasteiger partial charge >= 0.3 is 0 Å². The van der Waals surface area contributed by atoms with Crippen molar-refractivity contribution in [3.8, 4) is 0 Å². The van der Waals surface area contributed by atoms with E-state index in [9.17, 15) is 8.42 Å². The van der Waals surface area contributed by atoms with E-state index in [1.54, 1.807) is 0 Å². The smallest absolute Gasteiger partial charge is 0.150 e. The summed E-state index contributed by atoms with van der Waals surface area (Å²) in [5.41, 5.74) is 0. The average Bonchev–Trinajstić information content (AvgIpc) is 2.57. The van der Waals surface area contributed by atoms with E-state index < -0.39 is 9.84 Å². The molecule has 0 aromatic rings. The summed E-state index contributed by atoms with van der Waals surface area (Å²) < 4.78 is 22.5. The zero-order valence-electron chi connectivity index (χ0n) is 9.24. The van der Waals surface area contributed by atoms with Crippen LogP contribution >= 0.6 is 0 Å². The zero-order chi connectivity index (χ0) is 10.7. The van der Waals surface area contributed by atoms with Crippen molar-refractivity contribution in [1.29, 1.82) is 0 Å². The highest BCUT2D eigenvalue weighted by Crippen LogP contribution is 2.20. The molecule has 15 heavy (non-hydrogen) atoms. The molecule has 1 saturated carbocycles. The fourth-order valence-electron chi connectivity index (χ4n) is 2.67. The first-order chi connectivity index (χ1) is 7.16. The second kappa shape index (κ2) is 4.83. The van der Waals surface area contributed by atoms with E-state index >= 15 is 0 Å². The Hall–Kier alpha value is -0.0900. The molecule has 4 heteroatoms. The molecule has 1 N–H and O–H groups in total. The maximum absolute atomic E-state index is 11.3. The Bertz CT molecular complexity index is 294. The fourth-order valence-corrected chi connectivity index (χ4v) is 4.53. The first kappa shape index (κ1) is 11.4. The van der Waals surface area contributed by atoms with E-state index in [2.05, 4.69) is 5.32 Å². The lowest BCUT2D eigenvalue weighted by atomic mass is 9.95. The van der Waals surface area contributed by atoms with Gasteiger partial charge in [0.2, 0.25) is 0 Å². The Morgan fingerprint density at radius 3 is 2.40 bits per heavy atom. The first-order valence-electron chi connectivity index (χ1n) is 6.09. The highest BCUT2D eigenvalue weighted by Gasteiger charge is 2.28. The molecular weight excluding hydrogens is 210 g/mol. The second-order valence-electron chi connectivity index (χ2n) is 5.01. The van der Waals surface area contributed by atoms with Crippen LogP contribution < -0.4 is 5.32 Å². The summed E-state index contributed by atoms with van der Waals surface area (Å²) in [6.07, 6.45) is 7.46. The predicted molar refractivity (Wildman–Crippen MR) is 61.6 cm³/mol. The predicted octanol–water partition coefficient (Wildman–Crippen LogP) is 1.34. The molecule has 1 atom stereocenters. The van der Waals surface area contributed by atoms with Crippen molar-refractivity contribution >= 4 is 9.84 Å². The Kier molecular flexibility index (Phi) is 3.67. The monoisotopic (exact) mass is 231 g/mol. The summed E-state index contributed by atoms with van der Waals surface area (Å²) in [6, 6.07) is 0.655. The molecule has 1 unspecified atom stereocenters. The highest BCUT2D eigenvalue weighted by atomic mass is 32.2. The maximum atomic E-state index is 11.3. The number of hydrogen-bond acceptors (Lipinski definition) is 3. The lowest BCUT2D eigenvalue weighted by molar-refractivity contribution is 0.354. The van der Waals surface area contributed by atoms with Gasteiger partial charge in [-0.3, -0.25) is 0 Å². The van der Waals surface area contributed by atoms with Gasteiger partial charge in [-0.15, -0.1) is 0 Å². The van der Waals surface area contributed by atoms with Crippen LogP contribution in [0, 0.1) is 5.92 Å². The minimum absolute atomic E-state index is 0.372. The standard InChI is InChI=1S/C11H21NO2S/c13-15(14)7-6-10(9-15)8-12-11-4-2-1-3-5-11/h10-12H,1-9H2. The molecule has 2 aliphatic rings. The summed E-state index contributed by atoms with van der Waals surface area (Å²) in [4.78, 5) is 0. The van der Waals surface area contributed by atoms with Gasteiger partial charge in [0, 0.05) is 6.04 Å². The molecular formula is C11H21NO2S. The van der Waals surface area contributed by atoms with Crippen molar-refractivity contribution in [3.63, 3.8) is 0 Å². The molecule has 0 aromatic heterocycles. The summed E-state index contributed by atoms with van der Waals surface area (Å²) in [7, 11) is -2.69. The van der Waals surface area contributed by atoms with Crippen LogP contribution in [-0.4, -0.2) is 32.5 Å². The first-order valence-corrected chi connectivity index (χ1v) is 7.92. The molecule has 3 nitrogen and oxygen atoms in total. The molecule has 2 fully saturated rings. The van der Waals surface area contributed by atoms with Crippen LogP contribution in [0.25, 0.3) is 0 Å². The number of sulfone groups is 1. The summed E-state index contributed by atoms with van der Waals surface area (Å²) in [5.74, 6) is 1.19. The van der Waals surface area contributed by atoms with Gasteiger partial charge in [0.1, 0.15) is 0 Å². The minimum Gasteiger partial charge on any atom is -0.314 e. The van der Waals surface area contributed by atoms with Gasteiger partial charge in [-0.25, -0.2) is 8.42 Å². The molecule has 1 aliphatic carbocycles. The molecule has 0 spiro atoms. The normalized spacial score (nSPS) is 31.9. The number of hydrogen-bond donors (Lipinski definition) is 1. The lowest BCUT2D eigenvalue weighted by Gasteiger charge is -2.24. The molecule has 0 amide bonds. The van der Waals surface area contributed by atoms with Gasteiger partial charge < -0.3 is 5.32 Å². The van der Waals surface area contributed by atoms with Gasteiger partial charge in [0.25, 0.3) is 0 Å². The van der Waals surface area contributed by atoms with Crippen LogP contribution in [0.3, 0.4) is 0 Å². The van der Waals surface area contributed by atoms with Crippen molar-refractivity contribution in [2.75, 3.05) is 18.1 Å². The van der Waals surface area contributed by atoms with E-state index in [4.69, 9.17) is 0 Å². The van der Waals surface area contributed by atoms with Crippen LogP contribution in [0.4, 0.5) is 0 Å². The molecule has 0 bridgehead atoms. The van der Waals surface area contributed by atoms with Crippen LogP contribution in [0.15, 0.2) is 0 Å². The summed E-state index contributed by atoms with van der Waals surface area (Å²) in [5, 5.41) is 3.54. The fraction of sp³-hybridized carbons (Fsp3) is 1.00. The summed E-state index contributed by atoms with van der Waals surface area (Å²) >= 11 is 0. The Labute approximate surface area is 92.6 Å². The lowest BCUT2D eigenvalue weighted by Crippen LogP contribution is -2.35. The Balaban J connectivity index is 1.70. The van der Waals surface area contributed by atoms with E-state index in [-0.39, 0.29) is 0 Å². The van der Waals surface area contributed by atoms with E-state index in [0.29, 0.717) is 23.5 Å². The van der Waals surface area contributed by atoms with Crippen molar-refractivity contribution in [3.05, 3.63) is 0 Å². The topological polar surface area (TPSA) is 46.2 Å². The van der Waals surface area contributed by atoms with Crippen molar-refractivity contribution in [2.45, 2.75) is 44.6 Å². The zero-order valence-corrected chi connectivity index (χ0v) is 10.1. The van der Waals surface area contributed by atoms with Gasteiger partial charge in [-0.1, -0.05) is 19.3 Å². The van der Waals surface area contributed by atoms with Gasteiger partial charge in [0.15, 0.2) is 9.84 Å². The third kappa shape index (κ3) is 3.45. The molecule has 2 rings (SSSR count). The third-order valence-electron chi connectivity index (χ3n) is 3.63. The van der Waals surface area contributed by atoms with Gasteiger partial charge in [-0.2, -0.15) is 0 Å². The number of nitrogens with one attached hydrogen (secondary N) is 1. The van der Waals surface area contributed by atoms with E-state index in [0.717, 1.165) is 13.0 Å². The SMILES string of the molecule is O=S1(=O)CCC(CNC2CCCCC2)C1. The van der Waals surface area contributed by atoms with Crippen LogP contribution in [0.2, 0.25) is 0 Å². The third-order valence-corrected chi connectivity index (χ3v) is 5.46. The quantitative estimate of drug-likeness (QED) is 0.797. The van der Waals surface area contributed by atoms with Crippen molar-refractivity contribution in [2.24, 2.45) is 5.92 Å². The highest BCUT2D eigenvalue weighted by molar-refractivity contribution is 7.91. The Morgan fingerprint density at radius 2 is 1.80 bits per heavy atom. The molecule has 1 saturated heterocycles. The van der Waals surface area contributed by atoms with Crippen molar-refractivity contribution in [1.82, 2.24) is 5.32 Å². The van der Waals surface area contributed by atoms with Crippen LogP contribution in [-0.2, 0) is 9.84 Å².